The fourth-order valence-corrected chi connectivity index (χ4v) is 3.51. The summed E-state index contributed by atoms with van der Waals surface area (Å²) in [5.74, 6) is 0.898. The molecule has 3 heterocycles. The van der Waals surface area contributed by atoms with Gasteiger partial charge < -0.3 is 19.4 Å². The van der Waals surface area contributed by atoms with Gasteiger partial charge in [0.05, 0.1) is 24.9 Å². The smallest absolute Gasteiger partial charge is 0.320 e. The number of piperidine rings is 1. The largest absolute Gasteiger partial charge is 0.378 e. The van der Waals surface area contributed by atoms with Crippen LogP contribution in [-0.2, 0) is 10.2 Å². The molecular formula is C19H31N5O2. The third kappa shape index (κ3) is 4.26. The van der Waals surface area contributed by atoms with E-state index in [9.17, 15) is 4.79 Å². The van der Waals surface area contributed by atoms with Gasteiger partial charge in [0.15, 0.2) is 5.82 Å². The molecule has 144 valence electrons. The SMILES string of the molecule is CN(C(=O)N1CCOCC1)C1CCCN(c2ccc(C(C)(C)C)nn2)C1. The topological polar surface area (TPSA) is 61.8 Å². The zero-order valence-electron chi connectivity index (χ0n) is 16.4. The number of amides is 2. The summed E-state index contributed by atoms with van der Waals surface area (Å²) in [6, 6.07) is 4.42. The van der Waals surface area contributed by atoms with Gasteiger partial charge in [-0.3, -0.25) is 0 Å². The van der Waals surface area contributed by atoms with E-state index in [1.54, 1.807) is 0 Å². The van der Waals surface area contributed by atoms with Gasteiger partial charge in [-0.1, -0.05) is 20.8 Å². The lowest BCUT2D eigenvalue weighted by atomic mass is 9.92. The highest BCUT2D eigenvalue weighted by molar-refractivity contribution is 5.74. The number of morpholine rings is 1. The minimum Gasteiger partial charge on any atom is -0.378 e. The summed E-state index contributed by atoms with van der Waals surface area (Å²) in [6.45, 7) is 10.8. The Balaban J connectivity index is 1.64. The third-order valence-electron chi connectivity index (χ3n) is 5.27. The number of anilines is 1. The van der Waals surface area contributed by atoms with Gasteiger partial charge >= 0.3 is 6.03 Å². The van der Waals surface area contributed by atoms with E-state index in [1.807, 2.05) is 16.8 Å². The number of rotatable bonds is 2. The van der Waals surface area contributed by atoms with Crippen molar-refractivity contribution in [2.24, 2.45) is 0 Å². The van der Waals surface area contributed by atoms with Gasteiger partial charge in [0, 0.05) is 38.6 Å². The molecule has 0 N–H and O–H groups in total. The van der Waals surface area contributed by atoms with Gasteiger partial charge in [0.25, 0.3) is 0 Å². The van der Waals surface area contributed by atoms with Crippen molar-refractivity contribution < 1.29 is 9.53 Å². The van der Waals surface area contributed by atoms with Crippen LogP contribution in [0.2, 0.25) is 0 Å². The number of nitrogens with zero attached hydrogens (tertiary/aromatic N) is 5. The molecule has 1 aromatic rings. The monoisotopic (exact) mass is 361 g/mol. The van der Waals surface area contributed by atoms with E-state index in [2.05, 4.69) is 48.0 Å². The highest BCUT2D eigenvalue weighted by Crippen LogP contribution is 2.24. The van der Waals surface area contributed by atoms with Gasteiger partial charge in [0.1, 0.15) is 0 Å². The number of carbonyl (C=O) groups excluding carboxylic acids is 1. The number of hydrogen-bond acceptors (Lipinski definition) is 5. The molecule has 0 saturated carbocycles. The molecule has 3 rings (SSSR count). The van der Waals surface area contributed by atoms with E-state index in [4.69, 9.17) is 4.74 Å². The van der Waals surface area contributed by atoms with Crippen molar-refractivity contribution in [2.45, 2.75) is 45.1 Å². The van der Waals surface area contributed by atoms with Crippen molar-refractivity contribution in [2.75, 3.05) is 51.3 Å². The van der Waals surface area contributed by atoms with Crippen LogP contribution in [0.3, 0.4) is 0 Å². The Morgan fingerprint density at radius 1 is 1.19 bits per heavy atom. The highest BCUT2D eigenvalue weighted by Gasteiger charge is 2.30. The number of urea groups is 1. The van der Waals surface area contributed by atoms with E-state index >= 15 is 0 Å². The summed E-state index contributed by atoms with van der Waals surface area (Å²) >= 11 is 0. The van der Waals surface area contributed by atoms with Gasteiger partial charge in [-0.25, -0.2) is 4.79 Å². The van der Waals surface area contributed by atoms with E-state index in [-0.39, 0.29) is 17.5 Å². The Labute approximate surface area is 156 Å². The Morgan fingerprint density at radius 2 is 1.92 bits per heavy atom. The van der Waals surface area contributed by atoms with Crippen LogP contribution in [0.1, 0.15) is 39.3 Å². The standard InChI is InChI=1S/C19H31N5O2/c1-19(2,3)16-7-8-17(21-20-16)24-9-5-6-15(14-24)22(4)18(25)23-10-12-26-13-11-23/h7-8,15H,5-6,9-14H2,1-4H3. The fraction of sp³-hybridized carbons (Fsp3) is 0.737. The number of ether oxygens (including phenoxy) is 1. The summed E-state index contributed by atoms with van der Waals surface area (Å²) in [7, 11) is 1.92. The van der Waals surface area contributed by atoms with Crippen LogP contribution in [-0.4, -0.2) is 78.5 Å². The predicted molar refractivity (Wildman–Crippen MR) is 102 cm³/mol. The highest BCUT2D eigenvalue weighted by atomic mass is 16.5. The maximum atomic E-state index is 12.7. The van der Waals surface area contributed by atoms with Crippen molar-refractivity contribution >= 4 is 11.8 Å². The summed E-state index contributed by atoms with van der Waals surface area (Å²) in [5.41, 5.74) is 0.996. The van der Waals surface area contributed by atoms with E-state index in [1.165, 1.54) is 0 Å². The molecule has 0 aliphatic carbocycles. The van der Waals surface area contributed by atoms with E-state index in [0.29, 0.717) is 26.3 Å². The van der Waals surface area contributed by atoms with E-state index in [0.717, 1.165) is 37.4 Å². The Morgan fingerprint density at radius 3 is 2.54 bits per heavy atom. The van der Waals surface area contributed by atoms with Crippen LogP contribution in [0.25, 0.3) is 0 Å². The second-order valence-electron chi connectivity index (χ2n) is 8.26. The molecule has 1 unspecified atom stereocenters. The molecular weight excluding hydrogens is 330 g/mol. The molecule has 2 aliphatic heterocycles. The first kappa shape index (κ1) is 18.9. The van der Waals surface area contributed by atoms with Crippen molar-refractivity contribution in [1.29, 1.82) is 0 Å². The quantitative estimate of drug-likeness (QED) is 0.807. The summed E-state index contributed by atoms with van der Waals surface area (Å²) < 4.78 is 5.35. The first-order valence-electron chi connectivity index (χ1n) is 9.55. The maximum Gasteiger partial charge on any atom is 0.320 e. The number of likely N-dealkylation sites (N-methyl/N-ethyl adjacent to an activating group) is 1. The lowest BCUT2D eigenvalue weighted by Crippen LogP contribution is -2.54. The first-order valence-corrected chi connectivity index (χ1v) is 9.55. The van der Waals surface area contributed by atoms with Gasteiger partial charge in [-0.15, -0.1) is 5.10 Å². The molecule has 1 atom stereocenters. The zero-order valence-corrected chi connectivity index (χ0v) is 16.4. The molecule has 2 amide bonds. The maximum absolute atomic E-state index is 12.7. The van der Waals surface area contributed by atoms with Crippen LogP contribution >= 0.6 is 0 Å². The van der Waals surface area contributed by atoms with Crippen LogP contribution in [0.4, 0.5) is 10.6 Å². The Hall–Kier alpha value is -1.89. The molecule has 2 fully saturated rings. The molecule has 2 aliphatic rings. The summed E-state index contributed by atoms with van der Waals surface area (Å²) in [4.78, 5) is 18.8. The van der Waals surface area contributed by atoms with Gasteiger partial charge in [-0.2, -0.15) is 5.10 Å². The fourth-order valence-electron chi connectivity index (χ4n) is 3.51. The van der Waals surface area contributed by atoms with Crippen LogP contribution in [0.5, 0.6) is 0 Å². The van der Waals surface area contributed by atoms with Crippen molar-refractivity contribution in [3.05, 3.63) is 17.8 Å². The van der Waals surface area contributed by atoms with Crippen molar-refractivity contribution in [1.82, 2.24) is 20.0 Å². The summed E-state index contributed by atoms with van der Waals surface area (Å²) in [6.07, 6.45) is 2.07. The molecule has 0 bridgehead atoms. The molecule has 26 heavy (non-hydrogen) atoms. The lowest BCUT2D eigenvalue weighted by molar-refractivity contribution is 0.0414. The normalized spacial score (nSPS) is 21.6. The molecule has 7 heteroatoms. The molecule has 0 spiro atoms. The second kappa shape index (κ2) is 7.78. The number of hydrogen-bond donors (Lipinski definition) is 0. The molecule has 0 radical (unpaired) electrons. The zero-order chi connectivity index (χ0) is 18.7. The van der Waals surface area contributed by atoms with Gasteiger partial charge in [-0.05, 0) is 25.0 Å². The molecule has 7 nitrogen and oxygen atoms in total. The van der Waals surface area contributed by atoms with Gasteiger partial charge in [0.2, 0.25) is 0 Å². The molecule has 2 saturated heterocycles. The van der Waals surface area contributed by atoms with Crippen LogP contribution < -0.4 is 4.90 Å². The van der Waals surface area contributed by atoms with E-state index < -0.39 is 0 Å². The molecule has 0 aromatic carbocycles. The Kier molecular flexibility index (Phi) is 5.65. The van der Waals surface area contributed by atoms with Crippen LogP contribution in [0.15, 0.2) is 12.1 Å². The van der Waals surface area contributed by atoms with Crippen molar-refractivity contribution in [3.8, 4) is 0 Å². The average molecular weight is 361 g/mol. The Bertz CT molecular complexity index is 607. The number of aromatic nitrogens is 2. The lowest BCUT2D eigenvalue weighted by Gasteiger charge is -2.40. The molecule has 1 aromatic heterocycles. The third-order valence-corrected chi connectivity index (χ3v) is 5.27. The first-order chi connectivity index (χ1) is 12.4. The predicted octanol–water partition coefficient (Wildman–Crippen LogP) is 2.13. The minimum absolute atomic E-state index is 0.000751. The average Bonchev–Trinajstić information content (AvgIpc) is 2.67. The second-order valence-corrected chi connectivity index (χ2v) is 8.26. The minimum atomic E-state index is 0.000751. The number of carbonyl (C=O) groups is 1. The summed E-state index contributed by atoms with van der Waals surface area (Å²) in [5, 5.41) is 8.85. The van der Waals surface area contributed by atoms with Crippen LogP contribution in [0, 0.1) is 0 Å². The van der Waals surface area contributed by atoms with Crippen molar-refractivity contribution in [3.63, 3.8) is 0 Å².